The summed E-state index contributed by atoms with van der Waals surface area (Å²) in [6, 6.07) is 6.73. The van der Waals surface area contributed by atoms with E-state index in [2.05, 4.69) is 29.0 Å². The van der Waals surface area contributed by atoms with E-state index in [1.807, 2.05) is 18.5 Å². The minimum Gasteiger partial charge on any atom is -0.324 e. The third-order valence-electron chi connectivity index (χ3n) is 4.17. The van der Waals surface area contributed by atoms with Gasteiger partial charge in [-0.05, 0) is 43.9 Å². The smallest absolute Gasteiger partial charge is 0.229 e. The van der Waals surface area contributed by atoms with Crippen LogP contribution in [-0.4, -0.2) is 30.4 Å². The van der Waals surface area contributed by atoms with Crippen LogP contribution >= 0.6 is 0 Å². The van der Waals surface area contributed by atoms with Crippen LogP contribution in [0.15, 0.2) is 24.3 Å². The van der Waals surface area contributed by atoms with Gasteiger partial charge in [-0.15, -0.1) is 0 Å². The van der Waals surface area contributed by atoms with Gasteiger partial charge in [0.1, 0.15) is 0 Å². The monoisotopic (exact) mass is 392 g/mol. The third-order valence-corrected chi connectivity index (χ3v) is 4.76. The minimum atomic E-state index is -3.42. The Kier molecular flexibility index (Phi) is 6.64. The van der Waals surface area contributed by atoms with Crippen LogP contribution in [0.1, 0.15) is 37.2 Å². The van der Waals surface area contributed by atoms with Crippen LogP contribution in [0.5, 0.6) is 0 Å². The molecule has 0 aliphatic rings. The van der Waals surface area contributed by atoms with Gasteiger partial charge in [0, 0.05) is 18.7 Å². The van der Waals surface area contributed by atoms with Gasteiger partial charge in [-0.1, -0.05) is 26.0 Å². The highest BCUT2D eigenvalue weighted by Crippen LogP contribution is 2.23. The second kappa shape index (κ2) is 8.56. The molecule has 0 unspecified atom stereocenters. The number of sulfonamides is 1. The summed E-state index contributed by atoms with van der Waals surface area (Å²) in [6.45, 7) is 9.13. The number of para-hydroxylation sites is 2. The molecule has 0 radical (unpaired) electrons. The van der Waals surface area contributed by atoms with Crippen LogP contribution in [-0.2, 0) is 27.8 Å². The molecule has 7 nitrogen and oxygen atoms in total. The molecule has 2 aromatic rings. The van der Waals surface area contributed by atoms with Crippen molar-refractivity contribution in [3.05, 3.63) is 41.2 Å². The van der Waals surface area contributed by atoms with Crippen molar-refractivity contribution in [3.63, 3.8) is 0 Å². The van der Waals surface area contributed by atoms with Gasteiger partial charge in [0.25, 0.3) is 0 Å². The molecule has 2 N–H and O–H groups in total. The van der Waals surface area contributed by atoms with Gasteiger partial charge in [0.05, 0.1) is 23.3 Å². The van der Waals surface area contributed by atoms with Gasteiger partial charge in [-0.25, -0.2) is 8.42 Å². The zero-order valence-corrected chi connectivity index (χ0v) is 17.4. The first-order chi connectivity index (χ1) is 12.6. The molecule has 0 atom stereocenters. The predicted octanol–water partition coefficient (Wildman–Crippen LogP) is 3.10. The number of hydrogen-bond acceptors (Lipinski definition) is 4. The van der Waals surface area contributed by atoms with Crippen molar-refractivity contribution in [2.24, 2.45) is 5.92 Å². The third kappa shape index (κ3) is 6.09. The molecule has 0 aliphatic carbocycles. The van der Waals surface area contributed by atoms with Gasteiger partial charge in [0.2, 0.25) is 15.9 Å². The van der Waals surface area contributed by atoms with E-state index in [4.69, 9.17) is 0 Å². The molecule has 0 saturated carbocycles. The molecule has 148 valence electrons. The van der Waals surface area contributed by atoms with E-state index in [1.165, 1.54) is 0 Å². The summed E-state index contributed by atoms with van der Waals surface area (Å²) in [4.78, 5) is 12.4. The van der Waals surface area contributed by atoms with Crippen LogP contribution < -0.4 is 10.0 Å². The number of carbonyl (C=O) groups excluding carboxylic acids is 1. The van der Waals surface area contributed by atoms with Crippen molar-refractivity contribution in [1.29, 1.82) is 0 Å². The van der Waals surface area contributed by atoms with Crippen LogP contribution in [0, 0.1) is 19.8 Å². The maximum atomic E-state index is 12.4. The highest BCUT2D eigenvalue weighted by atomic mass is 32.2. The number of benzene rings is 1. The molecular formula is C19H28N4O3S. The topological polar surface area (TPSA) is 93.1 Å². The lowest BCUT2D eigenvalue weighted by atomic mass is 10.1. The van der Waals surface area contributed by atoms with Crippen molar-refractivity contribution in [3.8, 4) is 0 Å². The fourth-order valence-electron chi connectivity index (χ4n) is 2.95. The average molecular weight is 393 g/mol. The number of amides is 1. The molecule has 0 saturated heterocycles. The number of aryl methyl sites for hydroxylation is 1. The van der Waals surface area contributed by atoms with Gasteiger partial charge in [-0.3, -0.25) is 14.2 Å². The average Bonchev–Trinajstić information content (AvgIpc) is 2.79. The fourth-order valence-corrected chi connectivity index (χ4v) is 3.53. The second-order valence-corrected chi connectivity index (χ2v) is 8.94. The Morgan fingerprint density at radius 1 is 1.19 bits per heavy atom. The molecule has 0 bridgehead atoms. The summed E-state index contributed by atoms with van der Waals surface area (Å²) in [5.74, 6) is 0.325. The van der Waals surface area contributed by atoms with Crippen molar-refractivity contribution >= 4 is 27.3 Å². The van der Waals surface area contributed by atoms with E-state index in [0.717, 1.165) is 29.8 Å². The van der Waals surface area contributed by atoms with E-state index in [0.29, 0.717) is 30.1 Å². The van der Waals surface area contributed by atoms with Crippen LogP contribution in [0.3, 0.4) is 0 Å². The van der Waals surface area contributed by atoms with Crippen molar-refractivity contribution in [2.45, 2.75) is 47.1 Å². The zero-order chi connectivity index (χ0) is 20.2. The second-order valence-electron chi connectivity index (χ2n) is 7.19. The zero-order valence-electron chi connectivity index (χ0n) is 16.5. The molecule has 1 aromatic carbocycles. The van der Waals surface area contributed by atoms with E-state index in [1.54, 1.807) is 24.3 Å². The maximum Gasteiger partial charge on any atom is 0.229 e. The molecule has 0 aliphatic heterocycles. The molecule has 1 amide bonds. The van der Waals surface area contributed by atoms with Crippen LogP contribution in [0.2, 0.25) is 0 Å². The number of carbonyl (C=O) groups is 1. The molecule has 0 fully saturated rings. The van der Waals surface area contributed by atoms with Crippen molar-refractivity contribution < 1.29 is 13.2 Å². The van der Waals surface area contributed by atoms with E-state index in [9.17, 15) is 13.2 Å². The van der Waals surface area contributed by atoms with E-state index in [-0.39, 0.29) is 5.91 Å². The minimum absolute atomic E-state index is 0.173. The lowest BCUT2D eigenvalue weighted by Gasteiger charge is -2.12. The molecule has 8 heteroatoms. The number of hydrogen-bond donors (Lipinski definition) is 2. The summed E-state index contributed by atoms with van der Waals surface area (Å²) in [6.07, 6.45) is 1.96. The first-order valence-electron chi connectivity index (χ1n) is 8.96. The molecule has 2 rings (SSSR count). The predicted molar refractivity (Wildman–Crippen MR) is 108 cm³/mol. The summed E-state index contributed by atoms with van der Waals surface area (Å²) < 4.78 is 27.4. The highest BCUT2D eigenvalue weighted by molar-refractivity contribution is 7.92. The normalized spacial score (nSPS) is 11.6. The quantitative estimate of drug-likeness (QED) is 0.722. The first kappa shape index (κ1) is 21.0. The van der Waals surface area contributed by atoms with E-state index < -0.39 is 10.0 Å². The summed E-state index contributed by atoms with van der Waals surface area (Å²) in [5.41, 5.74) is 3.92. The Morgan fingerprint density at radius 3 is 2.41 bits per heavy atom. The molecular weight excluding hydrogens is 364 g/mol. The molecule has 1 aromatic heterocycles. The number of nitrogens with zero attached hydrogens (tertiary/aromatic N) is 2. The number of nitrogens with one attached hydrogen (secondary N) is 2. The van der Waals surface area contributed by atoms with Gasteiger partial charge in [-0.2, -0.15) is 5.10 Å². The molecule has 27 heavy (non-hydrogen) atoms. The number of aromatic nitrogens is 2. The Hall–Kier alpha value is -2.35. The van der Waals surface area contributed by atoms with Gasteiger partial charge >= 0.3 is 0 Å². The Balaban J connectivity index is 2.05. The van der Waals surface area contributed by atoms with Crippen LogP contribution in [0.4, 0.5) is 11.4 Å². The summed E-state index contributed by atoms with van der Waals surface area (Å²) >= 11 is 0. The van der Waals surface area contributed by atoms with E-state index >= 15 is 0 Å². The number of rotatable bonds is 8. The Labute approximate surface area is 161 Å². The number of anilines is 2. The first-order valence-corrected chi connectivity index (χ1v) is 10.9. The van der Waals surface area contributed by atoms with Crippen molar-refractivity contribution in [2.75, 3.05) is 16.3 Å². The maximum absolute atomic E-state index is 12.4. The molecule has 1 heterocycles. The fraction of sp³-hybridized carbons (Fsp3) is 0.474. The Bertz CT molecular complexity index is 917. The Morgan fingerprint density at radius 2 is 1.81 bits per heavy atom. The summed E-state index contributed by atoms with van der Waals surface area (Å²) in [5, 5.41) is 7.36. The molecule has 0 spiro atoms. The lowest BCUT2D eigenvalue weighted by molar-refractivity contribution is -0.116. The SMILES string of the molecule is Cc1nn(CC(C)C)c(C)c1CCC(=O)Nc1ccccc1NS(C)(=O)=O. The van der Waals surface area contributed by atoms with Crippen LogP contribution in [0.25, 0.3) is 0 Å². The highest BCUT2D eigenvalue weighted by Gasteiger charge is 2.15. The largest absolute Gasteiger partial charge is 0.324 e. The standard InChI is InChI=1S/C19H28N4O3S/c1-13(2)12-23-15(4)16(14(3)21-23)10-11-19(24)20-17-8-6-7-9-18(17)22-27(5,25)26/h6-9,13,22H,10-12H2,1-5H3,(H,20,24). The van der Waals surface area contributed by atoms with Crippen molar-refractivity contribution in [1.82, 2.24) is 9.78 Å². The van der Waals surface area contributed by atoms with Gasteiger partial charge in [0.15, 0.2) is 0 Å². The summed E-state index contributed by atoms with van der Waals surface area (Å²) in [7, 11) is -3.42. The lowest BCUT2D eigenvalue weighted by Crippen LogP contribution is -2.16. The van der Waals surface area contributed by atoms with Gasteiger partial charge < -0.3 is 5.32 Å².